The molecule has 1 aliphatic rings. The summed E-state index contributed by atoms with van der Waals surface area (Å²) in [6.45, 7) is 2.57. The van der Waals surface area contributed by atoms with Crippen LogP contribution >= 0.6 is 0 Å². The van der Waals surface area contributed by atoms with Gasteiger partial charge < -0.3 is 10.4 Å². The van der Waals surface area contributed by atoms with Crippen LogP contribution in [0.15, 0.2) is 36.4 Å². The van der Waals surface area contributed by atoms with Gasteiger partial charge in [-0.1, -0.05) is 36.4 Å². The highest BCUT2D eigenvalue weighted by molar-refractivity contribution is 5.93. The zero-order chi connectivity index (χ0) is 14.1. The van der Waals surface area contributed by atoms with Crippen molar-refractivity contribution in [3.8, 4) is 0 Å². The zero-order valence-electron chi connectivity index (χ0n) is 11.6. The van der Waals surface area contributed by atoms with Gasteiger partial charge >= 0.3 is 0 Å². The van der Waals surface area contributed by atoms with Gasteiger partial charge in [-0.15, -0.1) is 0 Å². The van der Waals surface area contributed by atoms with E-state index in [4.69, 9.17) is 0 Å². The second-order valence-electron chi connectivity index (χ2n) is 5.58. The fraction of sp³-hybridized carbons (Fsp3) is 0.353. The van der Waals surface area contributed by atoms with Gasteiger partial charge in [0.05, 0.1) is 12.1 Å². The Labute approximate surface area is 118 Å². The Kier molecular flexibility index (Phi) is 3.55. The molecule has 0 radical (unpaired) electrons. The number of nitrogens with one attached hydrogen (secondary N) is 1. The predicted octanol–water partition coefficient (Wildman–Crippen LogP) is 1.98. The van der Waals surface area contributed by atoms with E-state index < -0.39 is 6.10 Å². The number of aliphatic hydroxyl groups is 1. The highest BCUT2D eigenvalue weighted by Gasteiger charge is 2.28. The van der Waals surface area contributed by atoms with Gasteiger partial charge in [0, 0.05) is 13.0 Å². The van der Waals surface area contributed by atoms with E-state index in [0.29, 0.717) is 19.4 Å². The van der Waals surface area contributed by atoms with Crippen LogP contribution in [0.2, 0.25) is 0 Å². The monoisotopic (exact) mass is 269 g/mol. The summed E-state index contributed by atoms with van der Waals surface area (Å²) in [5.41, 5.74) is 2.26. The molecule has 104 valence electrons. The molecule has 1 saturated heterocycles. The standard InChI is InChI=1S/C17H19NO2/c1-11-6-7-12-4-2-3-5-14(12)15(11)9-17(20)16-8-13(19)10-18-16/h2-7,13,16,18-19H,8-10H2,1H3/t13?,16-/m0/s1. The molecule has 0 saturated carbocycles. The lowest BCUT2D eigenvalue weighted by Gasteiger charge is -2.13. The van der Waals surface area contributed by atoms with Crippen LogP contribution in [0.5, 0.6) is 0 Å². The van der Waals surface area contributed by atoms with Gasteiger partial charge in [-0.05, 0) is 35.2 Å². The number of β-amino-alcohol motifs (C(OH)–C–C–N with tert-alkyl or cyclic N) is 1. The van der Waals surface area contributed by atoms with Crippen molar-refractivity contribution in [1.82, 2.24) is 5.32 Å². The Morgan fingerprint density at radius 3 is 2.85 bits per heavy atom. The summed E-state index contributed by atoms with van der Waals surface area (Å²) in [5, 5.41) is 14.9. The van der Waals surface area contributed by atoms with Gasteiger partial charge in [-0.3, -0.25) is 4.79 Å². The topological polar surface area (TPSA) is 49.3 Å². The summed E-state index contributed by atoms with van der Waals surface area (Å²) in [5.74, 6) is 0.168. The van der Waals surface area contributed by atoms with Crippen LogP contribution in [-0.4, -0.2) is 29.6 Å². The first kappa shape index (κ1) is 13.3. The average molecular weight is 269 g/mol. The molecule has 1 heterocycles. The summed E-state index contributed by atoms with van der Waals surface area (Å²) in [7, 11) is 0. The summed E-state index contributed by atoms with van der Waals surface area (Å²) in [6, 6.07) is 12.1. The number of aliphatic hydroxyl groups excluding tert-OH is 1. The molecule has 3 nitrogen and oxygen atoms in total. The first-order valence-electron chi connectivity index (χ1n) is 7.06. The van der Waals surface area contributed by atoms with E-state index in [1.165, 1.54) is 5.39 Å². The Morgan fingerprint density at radius 1 is 1.30 bits per heavy atom. The van der Waals surface area contributed by atoms with Crippen LogP contribution in [0.4, 0.5) is 0 Å². The zero-order valence-corrected chi connectivity index (χ0v) is 11.6. The van der Waals surface area contributed by atoms with Crippen LogP contribution in [0.25, 0.3) is 10.8 Å². The van der Waals surface area contributed by atoms with E-state index in [0.717, 1.165) is 16.5 Å². The van der Waals surface area contributed by atoms with Crippen molar-refractivity contribution in [2.75, 3.05) is 6.54 Å². The normalized spacial score (nSPS) is 22.3. The van der Waals surface area contributed by atoms with Crippen LogP contribution in [0.1, 0.15) is 17.5 Å². The number of Topliss-reactive ketones (excluding diaryl/α,β-unsaturated/α-hetero) is 1. The molecule has 3 rings (SSSR count). The lowest BCUT2D eigenvalue weighted by atomic mass is 9.93. The molecule has 2 atom stereocenters. The Morgan fingerprint density at radius 2 is 2.10 bits per heavy atom. The highest BCUT2D eigenvalue weighted by Crippen LogP contribution is 2.23. The number of hydrogen-bond acceptors (Lipinski definition) is 3. The number of fused-ring (bicyclic) bond motifs is 1. The maximum absolute atomic E-state index is 12.4. The van der Waals surface area contributed by atoms with Crippen molar-refractivity contribution in [1.29, 1.82) is 0 Å². The van der Waals surface area contributed by atoms with E-state index in [-0.39, 0.29) is 11.8 Å². The van der Waals surface area contributed by atoms with Crippen molar-refractivity contribution < 1.29 is 9.90 Å². The Hall–Kier alpha value is -1.71. The molecule has 2 N–H and O–H groups in total. The number of rotatable bonds is 3. The second kappa shape index (κ2) is 5.35. The Bertz CT molecular complexity index is 650. The molecule has 1 aliphatic heterocycles. The molecule has 1 fully saturated rings. The van der Waals surface area contributed by atoms with Gasteiger partial charge in [0.15, 0.2) is 5.78 Å². The van der Waals surface area contributed by atoms with Gasteiger partial charge in [0.25, 0.3) is 0 Å². The second-order valence-corrected chi connectivity index (χ2v) is 5.58. The van der Waals surface area contributed by atoms with Gasteiger partial charge in [-0.2, -0.15) is 0 Å². The number of carbonyl (C=O) groups is 1. The number of aryl methyl sites for hydroxylation is 1. The van der Waals surface area contributed by atoms with Gasteiger partial charge in [-0.25, -0.2) is 0 Å². The molecular weight excluding hydrogens is 250 g/mol. The fourth-order valence-electron chi connectivity index (χ4n) is 2.94. The largest absolute Gasteiger partial charge is 0.392 e. The number of benzene rings is 2. The van der Waals surface area contributed by atoms with Crippen LogP contribution < -0.4 is 5.32 Å². The van der Waals surface area contributed by atoms with Crippen LogP contribution in [0, 0.1) is 6.92 Å². The third kappa shape index (κ3) is 2.47. The molecule has 0 aliphatic carbocycles. The van der Waals surface area contributed by atoms with E-state index >= 15 is 0 Å². The van der Waals surface area contributed by atoms with E-state index in [1.807, 2.05) is 19.1 Å². The van der Waals surface area contributed by atoms with E-state index in [9.17, 15) is 9.90 Å². The van der Waals surface area contributed by atoms with Crippen molar-refractivity contribution in [2.24, 2.45) is 0 Å². The molecule has 0 spiro atoms. The third-order valence-electron chi connectivity index (χ3n) is 4.12. The summed E-state index contributed by atoms with van der Waals surface area (Å²) < 4.78 is 0. The molecule has 2 aromatic carbocycles. The first-order valence-corrected chi connectivity index (χ1v) is 7.06. The molecular formula is C17H19NO2. The first-order chi connectivity index (χ1) is 9.65. The summed E-state index contributed by atoms with van der Waals surface area (Å²) in [6.07, 6.45) is 0.567. The maximum Gasteiger partial charge on any atom is 0.154 e. The van der Waals surface area contributed by atoms with Gasteiger partial charge in [0.2, 0.25) is 0 Å². The fourth-order valence-corrected chi connectivity index (χ4v) is 2.94. The highest BCUT2D eigenvalue weighted by atomic mass is 16.3. The number of carbonyl (C=O) groups excluding carboxylic acids is 1. The Balaban J connectivity index is 1.90. The molecule has 0 aromatic heterocycles. The lowest BCUT2D eigenvalue weighted by Crippen LogP contribution is -2.32. The molecule has 1 unspecified atom stereocenters. The molecule has 2 aromatic rings. The predicted molar refractivity (Wildman–Crippen MR) is 79.8 cm³/mol. The van der Waals surface area contributed by atoms with Crippen molar-refractivity contribution in [2.45, 2.75) is 31.9 Å². The molecule has 3 heteroatoms. The number of ketones is 1. The molecule has 20 heavy (non-hydrogen) atoms. The van der Waals surface area contributed by atoms with E-state index in [2.05, 4.69) is 29.6 Å². The smallest absolute Gasteiger partial charge is 0.154 e. The van der Waals surface area contributed by atoms with Gasteiger partial charge in [0.1, 0.15) is 0 Å². The minimum Gasteiger partial charge on any atom is -0.392 e. The summed E-state index contributed by atoms with van der Waals surface area (Å²) >= 11 is 0. The summed E-state index contributed by atoms with van der Waals surface area (Å²) in [4.78, 5) is 12.4. The van der Waals surface area contributed by atoms with Crippen molar-refractivity contribution in [3.05, 3.63) is 47.5 Å². The minimum absolute atomic E-state index is 0.168. The number of hydrogen-bond donors (Lipinski definition) is 2. The van der Waals surface area contributed by atoms with Crippen LogP contribution in [0.3, 0.4) is 0 Å². The lowest BCUT2D eigenvalue weighted by molar-refractivity contribution is -0.120. The minimum atomic E-state index is -0.391. The maximum atomic E-state index is 12.4. The van der Waals surface area contributed by atoms with Crippen LogP contribution in [-0.2, 0) is 11.2 Å². The SMILES string of the molecule is Cc1ccc2ccccc2c1CC(=O)[C@@H]1CC(O)CN1. The van der Waals surface area contributed by atoms with Crippen molar-refractivity contribution >= 4 is 16.6 Å². The molecule has 0 amide bonds. The quantitative estimate of drug-likeness (QED) is 0.896. The van der Waals surface area contributed by atoms with E-state index in [1.54, 1.807) is 0 Å². The third-order valence-corrected chi connectivity index (χ3v) is 4.12. The average Bonchev–Trinajstić information content (AvgIpc) is 2.89. The molecule has 0 bridgehead atoms. The van der Waals surface area contributed by atoms with Crippen molar-refractivity contribution in [3.63, 3.8) is 0 Å².